The Kier molecular flexibility index (Phi) is 6.59. The second kappa shape index (κ2) is 8.45. The molecule has 1 aromatic heterocycles. The minimum Gasteiger partial charge on any atom is -0.478 e. The van der Waals surface area contributed by atoms with E-state index in [4.69, 9.17) is 4.74 Å². The predicted molar refractivity (Wildman–Crippen MR) is 92.0 cm³/mol. The van der Waals surface area contributed by atoms with Crippen LogP contribution < -0.4 is 9.64 Å². The van der Waals surface area contributed by atoms with E-state index in [0.717, 1.165) is 57.9 Å². The Labute approximate surface area is 139 Å². The molecule has 1 fully saturated rings. The van der Waals surface area contributed by atoms with Gasteiger partial charge < -0.3 is 14.7 Å². The fourth-order valence-corrected chi connectivity index (χ4v) is 2.93. The van der Waals surface area contributed by atoms with E-state index in [2.05, 4.69) is 33.6 Å². The molecule has 1 aromatic rings. The van der Waals surface area contributed by atoms with Gasteiger partial charge in [-0.05, 0) is 26.2 Å². The molecule has 6 nitrogen and oxygen atoms in total. The summed E-state index contributed by atoms with van der Waals surface area (Å²) in [4.78, 5) is 13.4. The maximum atomic E-state index is 10.6. The number of β-amino-alcohol motifs (C(OH)–C–C–N with tert-alkyl or cyclic N) is 1. The number of ether oxygens (including phenoxy) is 1. The Morgan fingerprint density at radius 3 is 2.65 bits per heavy atom. The average molecular weight is 322 g/mol. The highest BCUT2D eigenvalue weighted by Gasteiger charge is 2.27. The number of hydrogen-bond acceptors (Lipinski definition) is 6. The van der Waals surface area contributed by atoms with Gasteiger partial charge in [0.25, 0.3) is 0 Å². The standard InChI is InChI=1S/C17H30N4O2/c1-4-17(22,5-2)14-20-10-7-11-21(13-12-20)16-18-9-8-15(19-16)23-6-3/h8-9,22H,4-7,10-14H2,1-3H3. The zero-order valence-electron chi connectivity index (χ0n) is 14.7. The molecule has 0 aromatic carbocycles. The molecule has 23 heavy (non-hydrogen) atoms. The van der Waals surface area contributed by atoms with Gasteiger partial charge in [-0.3, -0.25) is 4.90 Å². The predicted octanol–water partition coefficient (Wildman–Crippen LogP) is 1.94. The third kappa shape index (κ3) is 5.04. The molecular formula is C17H30N4O2. The van der Waals surface area contributed by atoms with Crippen LogP contribution in [0.2, 0.25) is 0 Å². The molecule has 0 saturated carbocycles. The lowest BCUT2D eigenvalue weighted by molar-refractivity contribution is -0.00168. The van der Waals surface area contributed by atoms with Crippen molar-refractivity contribution in [2.24, 2.45) is 0 Å². The minimum absolute atomic E-state index is 0.569. The van der Waals surface area contributed by atoms with Crippen molar-refractivity contribution >= 4 is 5.95 Å². The number of aliphatic hydroxyl groups is 1. The van der Waals surface area contributed by atoms with Gasteiger partial charge >= 0.3 is 0 Å². The van der Waals surface area contributed by atoms with Gasteiger partial charge in [-0.1, -0.05) is 13.8 Å². The van der Waals surface area contributed by atoms with Gasteiger partial charge in [0.1, 0.15) is 0 Å². The molecule has 1 N–H and O–H groups in total. The van der Waals surface area contributed by atoms with Crippen molar-refractivity contribution in [2.45, 2.75) is 45.6 Å². The van der Waals surface area contributed by atoms with Crippen molar-refractivity contribution in [3.8, 4) is 5.88 Å². The molecule has 1 aliphatic heterocycles. The molecule has 1 aliphatic rings. The largest absolute Gasteiger partial charge is 0.478 e. The van der Waals surface area contributed by atoms with E-state index in [0.29, 0.717) is 12.5 Å². The summed E-state index contributed by atoms with van der Waals surface area (Å²) in [6.45, 7) is 11.1. The van der Waals surface area contributed by atoms with Crippen LogP contribution in [0.15, 0.2) is 12.3 Å². The van der Waals surface area contributed by atoms with Crippen molar-refractivity contribution in [3.63, 3.8) is 0 Å². The van der Waals surface area contributed by atoms with E-state index < -0.39 is 5.60 Å². The van der Waals surface area contributed by atoms with Crippen molar-refractivity contribution in [1.29, 1.82) is 0 Å². The van der Waals surface area contributed by atoms with Crippen LogP contribution in [0.3, 0.4) is 0 Å². The molecule has 0 aliphatic carbocycles. The summed E-state index contributed by atoms with van der Waals surface area (Å²) in [6, 6.07) is 1.79. The Balaban J connectivity index is 1.97. The molecule has 1 saturated heterocycles. The maximum Gasteiger partial charge on any atom is 0.228 e. The van der Waals surface area contributed by atoms with E-state index in [1.807, 2.05) is 6.92 Å². The maximum absolute atomic E-state index is 10.6. The van der Waals surface area contributed by atoms with Crippen LogP contribution in [0.5, 0.6) is 5.88 Å². The number of anilines is 1. The molecule has 0 unspecified atom stereocenters. The van der Waals surface area contributed by atoms with Crippen LogP contribution in [0, 0.1) is 0 Å². The molecule has 6 heteroatoms. The zero-order chi connectivity index (χ0) is 16.7. The van der Waals surface area contributed by atoms with Gasteiger partial charge in [0.2, 0.25) is 11.8 Å². The second-order valence-corrected chi connectivity index (χ2v) is 6.18. The topological polar surface area (TPSA) is 61.7 Å². The fraction of sp³-hybridized carbons (Fsp3) is 0.765. The van der Waals surface area contributed by atoms with Crippen molar-refractivity contribution in [1.82, 2.24) is 14.9 Å². The molecule has 0 amide bonds. The van der Waals surface area contributed by atoms with E-state index >= 15 is 0 Å². The van der Waals surface area contributed by atoms with Gasteiger partial charge in [-0.2, -0.15) is 4.98 Å². The monoisotopic (exact) mass is 322 g/mol. The summed E-state index contributed by atoms with van der Waals surface area (Å²) >= 11 is 0. The molecule has 130 valence electrons. The van der Waals surface area contributed by atoms with Gasteiger partial charge in [-0.25, -0.2) is 4.98 Å². The molecule has 0 bridgehead atoms. The SMILES string of the molecule is CCOc1ccnc(N2CCCN(CC(O)(CC)CC)CC2)n1. The van der Waals surface area contributed by atoms with E-state index in [-0.39, 0.29) is 0 Å². The van der Waals surface area contributed by atoms with E-state index in [9.17, 15) is 5.11 Å². The highest BCUT2D eigenvalue weighted by Crippen LogP contribution is 2.19. The van der Waals surface area contributed by atoms with Gasteiger partial charge in [0.05, 0.1) is 12.2 Å². The van der Waals surface area contributed by atoms with Crippen LogP contribution in [0.4, 0.5) is 5.95 Å². The van der Waals surface area contributed by atoms with Crippen molar-refractivity contribution in [3.05, 3.63) is 12.3 Å². The Morgan fingerprint density at radius 1 is 1.17 bits per heavy atom. The highest BCUT2D eigenvalue weighted by atomic mass is 16.5. The van der Waals surface area contributed by atoms with Crippen LogP contribution in [0.25, 0.3) is 0 Å². The lowest BCUT2D eigenvalue weighted by atomic mass is 9.97. The molecule has 0 atom stereocenters. The quantitative estimate of drug-likeness (QED) is 0.828. The van der Waals surface area contributed by atoms with Gasteiger partial charge in [0, 0.05) is 45.0 Å². The summed E-state index contributed by atoms with van der Waals surface area (Å²) < 4.78 is 5.46. The molecule has 0 spiro atoms. The summed E-state index contributed by atoms with van der Waals surface area (Å²) in [7, 11) is 0. The Morgan fingerprint density at radius 2 is 1.96 bits per heavy atom. The van der Waals surface area contributed by atoms with Crippen molar-refractivity contribution in [2.75, 3.05) is 44.2 Å². The Hall–Kier alpha value is -1.40. The third-order valence-electron chi connectivity index (χ3n) is 4.62. The summed E-state index contributed by atoms with van der Waals surface area (Å²) in [6.07, 6.45) is 4.39. The van der Waals surface area contributed by atoms with Crippen LogP contribution >= 0.6 is 0 Å². The fourth-order valence-electron chi connectivity index (χ4n) is 2.93. The van der Waals surface area contributed by atoms with Crippen molar-refractivity contribution < 1.29 is 9.84 Å². The number of hydrogen-bond donors (Lipinski definition) is 1. The minimum atomic E-state index is -0.569. The highest BCUT2D eigenvalue weighted by molar-refractivity contribution is 5.32. The molecular weight excluding hydrogens is 292 g/mol. The van der Waals surface area contributed by atoms with Crippen LogP contribution in [-0.2, 0) is 0 Å². The lowest BCUT2D eigenvalue weighted by Gasteiger charge is -2.32. The summed E-state index contributed by atoms with van der Waals surface area (Å²) in [5, 5.41) is 10.6. The second-order valence-electron chi connectivity index (χ2n) is 6.18. The van der Waals surface area contributed by atoms with E-state index in [1.54, 1.807) is 12.3 Å². The smallest absolute Gasteiger partial charge is 0.228 e. The number of nitrogens with zero attached hydrogens (tertiary/aromatic N) is 4. The third-order valence-corrected chi connectivity index (χ3v) is 4.62. The van der Waals surface area contributed by atoms with Crippen LogP contribution in [-0.4, -0.2) is 64.9 Å². The normalized spacial score (nSPS) is 17.1. The first kappa shape index (κ1) is 17.9. The first-order valence-corrected chi connectivity index (χ1v) is 8.75. The first-order chi connectivity index (χ1) is 11.1. The number of aromatic nitrogens is 2. The van der Waals surface area contributed by atoms with Gasteiger partial charge in [0.15, 0.2) is 0 Å². The number of rotatable bonds is 7. The zero-order valence-corrected chi connectivity index (χ0v) is 14.7. The van der Waals surface area contributed by atoms with Gasteiger partial charge in [-0.15, -0.1) is 0 Å². The Bertz CT molecular complexity index is 479. The molecule has 2 heterocycles. The van der Waals surface area contributed by atoms with E-state index in [1.165, 1.54) is 0 Å². The molecule has 2 rings (SSSR count). The lowest BCUT2D eigenvalue weighted by Crippen LogP contribution is -2.43. The first-order valence-electron chi connectivity index (χ1n) is 8.75. The average Bonchev–Trinajstić information content (AvgIpc) is 2.81. The summed E-state index contributed by atoms with van der Waals surface area (Å²) in [5.74, 6) is 1.36. The van der Waals surface area contributed by atoms with Crippen LogP contribution in [0.1, 0.15) is 40.0 Å². The molecule has 0 radical (unpaired) electrons. The summed E-state index contributed by atoms with van der Waals surface area (Å²) in [5.41, 5.74) is -0.569.